The van der Waals surface area contributed by atoms with Crippen LogP contribution in [0.1, 0.15) is 18.3 Å². The summed E-state index contributed by atoms with van der Waals surface area (Å²) in [4.78, 5) is 0. The molecule has 1 rings (SSSR count). The lowest BCUT2D eigenvalue weighted by Crippen LogP contribution is -2.19. The van der Waals surface area contributed by atoms with Crippen LogP contribution in [-0.2, 0) is 16.5 Å². The highest BCUT2D eigenvalue weighted by Gasteiger charge is 2.18. The predicted molar refractivity (Wildman–Crippen MR) is 51.5 cm³/mol. The van der Waals surface area contributed by atoms with Gasteiger partial charge in [0.2, 0.25) is 0 Å². The lowest BCUT2D eigenvalue weighted by atomic mass is 10.2. The van der Waals surface area contributed by atoms with Gasteiger partial charge in [0, 0.05) is 6.42 Å². The predicted octanol–water partition coefficient (Wildman–Crippen LogP) is 0.604. The van der Waals surface area contributed by atoms with Gasteiger partial charge >= 0.3 is 0 Å². The van der Waals surface area contributed by atoms with Crippen LogP contribution >= 0.6 is 0 Å². The zero-order valence-corrected chi connectivity index (χ0v) is 8.82. The van der Waals surface area contributed by atoms with Crippen LogP contribution < -0.4 is 0 Å². The van der Waals surface area contributed by atoms with Gasteiger partial charge in [-0.1, -0.05) is 0 Å². The van der Waals surface area contributed by atoms with Crippen molar-refractivity contribution in [2.45, 2.75) is 25.5 Å². The van der Waals surface area contributed by atoms with E-state index in [1.54, 1.807) is 19.1 Å². The maximum Gasteiger partial charge on any atom is 0.267 e. The van der Waals surface area contributed by atoms with Crippen LogP contribution in [0.2, 0.25) is 0 Å². The second kappa shape index (κ2) is 4.02. The Hall–Kier alpha value is -1.01. The van der Waals surface area contributed by atoms with Gasteiger partial charge in [0.25, 0.3) is 10.1 Å². The molecule has 1 unspecified atom stereocenters. The first kappa shape index (κ1) is 11.1. The highest BCUT2D eigenvalue weighted by atomic mass is 32.2. The molecule has 0 saturated heterocycles. The molecule has 78 valence electrons. The van der Waals surface area contributed by atoms with Crippen LogP contribution in [0.3, 0.4) is 0 Å². The van der Waals surface area contributed by atoms with E-state index in [9.17, 15) is 8.42 Å². The summed E-state index contributed by atoms with van der Waals surface area (Å²) in [6.07, 6.45) is 0.173. The quantitative estimate of drug-likeness (QED) is 0.748. The number of rotatable bonds is 3. The van der Waals surface area contributed by atoms with Crippen molar-refractivity contribution in [2.24, 2.45) is 0 Å². The van der Waals surface area contributed by atoms with Gasteiger partial charge in [-0.2, -0.15) is 18.6 Å². The van der Waals surface area contributed by atoms with Crippen molar-refractivity contribution in [3.05, 3.63) is 23.5 Å². The zero-order chi connectivity index (χ0) is 10.8. The third kappa shape index (κ3) is 3.04. The molecular formula is C8H12N2O3S. The molecule has 0 fully saturated rings. The monoisotopic (exact) mass is 216 g/mol. The molecule has 1 aromatic heterocycles. The van der Waals surface area contributed by atoms with Crippen LogP contribution in [-0.4, -0.2) is 28.4 Å². The van der Waals surface area contributed by atoms with Crippen LogP contribution in [0.4, 0.5) is 0 Å². The molecule has 0 aliphatic heterocycles. The van der Waals surface area contributed by atoms with Gasteiger partial charge in [-0.3, -0.25) is 4.55 Å². The van der Waals surface area contributed by atoms with Crippen molar-refractivity contribution in [1.29, 1.82) is 0 Å². The number of nitrogens with zero attached hydrogens (tertiary/aromatic N) is 2. The van der Waals surface area contributed by atoms with E-state index in [0.29, 0.717) is 5.69 Å². The summed E-state index contributed by atoms with van der Waals surface area (Å²) in [6, 6.07) is 3.45. The Kier molecular flexibility index (Phi) is 3.17. The Balaban J connectivity index is 2.75. The summed E-state index contributed by atoms with van der Waals surface area (Å²) in [5, 5.41) is 6.75. The fourth-order valence-electron chi connectivity index (χ4n) is 0.935. The van der Waals surface area contributed by atoms with E-state index in [1.165, 1.54) is 6.92 Å². The van der Waals surface area contributed by atoms with Gasteiger partial charge in [-0.25, -0.2) is 0 Å². The zero-order valence-electron chi connectivity index (χ0n) is 8.01. The second-order valence-electron chi connectivity index (χ2n) is 3.20. The third-order valence-electron chi connectivity index (χ3n) is 1.86. The number of hydrogen-bond acceptors (Lipinski definition) is 4. The van der Waals surface area contributed by atoms with Crippen molar-refractivity contribution < 1.29 is 13.0 Å². The number of aryl methyl sites for hydroxylation is 1. The highest BCUT2D eigenvalue weighted by molar-refractivity contribution is 7.86. The largest absolute Gasteiger partial charge is 0.285 e. The Morgan fingerprint density at radius 1 is 1.43 bits per heavy atom. The van der Waals surface area contributed by atoms with Gasteiger partial charge < -0.3 is 0 Å². The van der Waals surface area contributed by atoms with E-state index >= 15 is 0 Å². The fourth-order valence-corrected chi connectivity index (χ4v) is 1.32. The number of hydrogen-bond donors (Lipinski definition) is 1. The van der Waals surface area contributed by atoms with E-state index in [1.807, 2.05) is 0 Å². The highest BCUT2D eigenvalue weighted by Crippen LogP contribution is 2.05. The van der Waals surface area contributed by atoms with Gasteiger partial charge in [0.15, 0.2) is 0 Å². The third-order valence-corrected chi connectivity index (χ3v) is 3.04. The standard InChI is InChI=1S/C8H12N2O3S/c1-6-3-4-8(10-9-6)5-7(2)14(11,12)13/h3-4,7H,5H2,1-2H3,(H,11,12,13). The summed E-state index contributed by atoms with van der Waals surface area (Å²) in [5.74, 6) is 0. The molecule has 0 aliphatic carbocycles. The smallest absolute Gasteiger partial charge is 0.267 e. The van der Waals surface area contributed by atoms with Crippen molar-refractivity contribution in [2.75, 3.05) is 0 Å². The van der Waals surface area contributed by atoms with E-state index < -0.39 is 15.4 Å². The lowest BCUT2D eigenvalue weighted by Gasteiger charge is -2.06. The normalized spacial score (nSPS) is 13.9. The van der Waals surface area contributed by atoms with E-state index in [-0.39, 0.29) is 6.42 Å². The van der Waals surface area contributed by atoms with Crippen molar-refractivity contribution in [3.63, 3.8) is 0 Å². The lowest BCUT2D eigenvalue weighted by molar-refractivity contribution is 0.469. The maximum atomic E-state index is 10.7. The Labute approximate surface area is 82.9 Å². The van der Waals surface area contributed by atoms with Crippen molar-refractivity contribution in [1.82, 2.24) is 10.2 Å². The van der Waals surface area contributed by atoms with E-state index in [4.69, 9.17) is 4.55 Å². The summed E-state index contributed by atoms with van der Waals surface area (Å²) < 4.78 is 30.1. The molecule has 0 saturated carbocycles. The summed E-state index contributed by atoms with van der Waals surface area (Å²) >= 11 is 0. The molecule has 1 atom stereocenters. The minimum atomic E-state index is -3.98. The second-order valence-corrected chi connectivity index (χ2v) is 5.03. The van der Waals surface area contributed by atoms with Gasteiger partial charge in [-0.05, 0) is 26.0 Å². The molecule has 1 aromatic rings. The number of aromatic nitrogens is 2. The molecule has 14 heavy (non-hydrogen) atoms. The SMILES string of the molecule is Cc1ccc(CC(C)S(=O)(=O)O)nn1. The average molecular weight is 216 g/mol. The summed E-state index contributed by atoms with van der Waals surface area (Å²) in [5.41, 5.74) is 1.33. The van der Waals surface area contributed by atoms with Crippen molar-refractivity contribution >= 4 is 10.1 Å². The van der Waals surface area contributed by atoms with Crippen LogP contribution in [0.15, 0.2) is 12.1 Å². The minimum absolute atomic E-state index is 0.173. The summed E-state index contributed by atoms with van der Waals surface area (Å²) in [6.45, 7) is 3.22. The van der Waals surface area contributed by atoms with Crippen LogP contribution in [0.25, 0.3) is 0 Å². The first-order chi connectivity index (χ1) is 6.39. The molecule has 0 bridgehead atoms. The topological polar surface area (TPSA) is 80.2 Å². The van der Waals surface area contributed by atoms with Crippen molar-refractivity contribution in [3.8, 4) is 0 Å². The first-order valence-electron chi connectivity index (χ1n) is 4.15. The molecule has 0 aromatic carbocycles. The molecular weight excluding hydrogens is 204 g/mol. The van der Waals surface area contributed by atoms with Crippen LogP contribution in [0, 0.1) is 6.92 Å². The van der Waals surface area contributed by atoms with E-state index in [0.717, 1.165) is 5.69 Å². The fraction of sp³-hybridized carbons (Fsp3) is 0.500. The maximum absolute atomic E-state index is 10.7. The van der Waals surface area contributed by atoms with Gasteiger partial charge in [0.1, 0.15) is 0 Å². The van der Waals surface area contributed by atoms with E-state index in [2.05, 4.69) is 10.2 Å². The first-order valence-corrected chi connectivity index (χ1v) is 5.65. The van der Waals surface area contributed by atoms with Crippen LogP contribution in [0.5, 0.6) is 0 Å². The van der Waals surface area contributed by atoms with Gasteiger partial charge in [0.05, 0.1) is 16.6 Å². The molecule has 0 amide bonds. The molecule has 1 heterocycles. The molecule has 6 heteroatoms. The Morgan fingerprint density at radius 2 is 2.07 bits per heavy atom. The summed E-state index contributed by atoms with van der Waals surface area (Å²) in [7, 11) is -3.98. The molecule has 1 N–H and O–H groups in total. The Morgan fingerprint density at radius 3 is 2.50 bits per heavy atom. The molecule has 5 nitrogen and oxygen atoms in total. The molecule has 0 aliphatic rings. The molecule has 0 radical (unpaired) electrons. The average Bonchev–Trinajstić information content (AvgIpc) is 2.07. The van der Waals surface area contributed by atoms with Gasteiger partial charge in [-0.15, -0.1) is 0 Å². The minimum Gasteiger partial charge on any atom is -0.285 e. The Bertz CT molecular complexity index is 399. The molecule has 0 spiro atoms.